The standard InChI is InChI=1S/C14H16ClN7S/c1-3-8-22-12(16-19-20-22)9-23-14-18-17-13(21(14)2)10-4-6-11(15)7-5-10/h4-7H,3,8-9H2,1-2H3. The van der Waals surface area contributed by atoms with Gasteiger partial charge in [0.25, 0.3) is 0 Å². The number of benzene rings is 1. The molecule has 0 fully saturated rings. The van der Waals surface area contributed by atoms with E-state index in [1.807, 2.05) is 40.6 Å². The van der Waals surface area contributed by atoms with Crippen LogP contribution in [0.2, 0.25) is 5.02 Å². The number of halogens is 1. The molecular formula is C14H16ClN7S. The monoisotopic (exact) mass is 349 g/mol. The molecule has 9 heteroatoms. The van der Waals surface area contributed by atoms with Gasteiger partial charge in [0.2, 0.25) is 0 Å². The van der Waals surface area contributed by atoms with E-state index in [2.05, 4.69) is 32.6 Å². The molecule has 0 amide bonds. The lowest BCUT2D eigenvalue weighted by molar-refractivity contribution is 0.564. The van der Waals surface area contributed by atoms with Crippen LogP contribution in [-0.2, 0) is 19.3 Å². The summed E-state index contributed by atoms with van der Waals surface area (Å²) in [7, 11) is 1.95. The van der Waals surface area contributed by atoms with E-state index in [-0.39, 0.29) is 0 Å². The van der Waals surface area contributed by atoms with Crippen molar-refractivity contribution in [2.75, 3.05) is 0 Å². The van der Waals surface area contributed by atoms with Crippen molar-refractivity contribution in [1.82, 2.24) is 35.0 Å². The van der Waals surface area contributed by atoms with Crippen LogP contribution in [0.15, 0.2) is 29.4 Å². The molecular weight excluding hydrogens is 334 g/mol. The molecule has 0 radical (unpaired) electrons. The Bertz CT molecular complexity index is 781. The van der Waals surface area contributed by atoms with E-state index in [9.17, 15) is 0 Å². The number of nitrogens with zero attached hydrogens (tertiary/aromatic N) is 7. The fourth-order valence-electron chi connectivity index (χ4n) is 2.13. The van der Waals surface area contributed by atoms with Crippen LogP contribution in [0.1, 0.15) is 19.2 Å². The predicted octanol–water partition coefficient (Wildman–Crippen LogP) is 2.82. The normalized spacial score (nSPS) is 11.1. The van der Waals surface area contributed by atoms with Crippen LogP contribution in [0.4, 0.5) is 0 Å². The van der Waals surface area contributed by atoms with Gasteiger partial charge in [-0.1, -0.05) is 30.3 Å². The summed E-state index contributed by atoms with van der Waals surface area (Å²) in [5.41, 5.74) is 0.979. The van der Waals surface area contributed by atoms with E-state index in [0.717, 1.165) is 35.3 Å². The van der Waals surface area contributed by atoms with Gasteiger partial charge in [0.15, 0.2) is 16.8 Å². The van der Waals surface area contributed by atoms with Gasteiger partial charge in [-0.05, 0) is 41.1 Å². The average Bonchev–Trinajstić information content (AvgIpc) is 3.14. The Balaban J connectivity index is 1.74. The van der Waals surface area contributed by atoms with Crippen molar-refractivity contribution in [2.24, 2.45) is 7.05 Å². The molecule has 0 bridgehead atoms. The minimum absolute atomic E-state index is 0.652. The summed E-state index contributed by atoms with van der Waals surface area (Å²) < 4.78 is 3.78. The first-order chi connectivity index (χ1) is 11.2. The molecule has 2 aromatic heterocycles. The lowest BCUT2D eigenvalue weighted by Gasteiger charge is -2.04. The van der Waals surface area contributed by atoms with Crippen molar-refractivity contribution >= 4 is 23.4 Å². The van der Waals surface area contributed by atoms with E-state index in [1.54, 1.807) is 11.8 Å². The zero-order chi connectivity index (χ0) is 16.2. The molecule has 3 rings (SSSR count). The molecule has 0 unspecified atom stereocenters. The molecule has 23 heavy (non-hydrogen) atoms. The maximum atomic E-state index is 5.92. The van der Waals surface area contributed by atoms with E-state index >= 15 is 0 Å². The summed E-state index contributed by atoms with van der Waals surface area (Å²) in [6.07, 6.45) is 0.993. The van der Waals surface area contributed by atoms with Gasteiger partial charge in [-0.3, -0.25) is 0 Å². The van der Waals surface area contributed by atoms with E-state index in [0.29, 0.717) is 10.8 Å². The van der Waals surface area contributed by atoms with Gasteiger partial charge >= 0.3 is 0 Å². The number of hydrogen-bond acceptors (Lipinski definition) is 6. The lowest BCUT2D eigenvalue weighted by atomic mass is 10.2. The van der Waals surface area contributed by atoms with Crippen molar-refractivity contribution in [3.8, 4) is 11.4 Å². The summed E-state index contributed by atoms with van der Waals surface area (Å²) in [4.78, 5) is 0. The molecule has 2 heterocycles. The third kappa shape index (κ3) is 3.53. The number of aromatic nitrogens is 7. The third-order valence-corrected chi connectivity index (χ3v) is 4.58. The van der Waals surface area contributed by atoms with Gasteiger partial charge in [0, 0.05) is 24.2 Å². The van der Waals surface area contributed by atoms with Crippen molar-refractivity contribution in [3.63, 3.8) is 0 Å². The third-order valence-electron chi connectivity index (χ3n) is 3.31. The smallest absolute Gasteiger partial charge is 0.191 e. The van der Waals surface area contributed by atoms with Crippen molar-refractivity contribution in [2.45, 2.75) is 30.8 Å². The topological polar surface area (TPSA) is 74.3 Å². The van der Waals surface area contributed by atoms with E-state index in [4.69, 9.17) is 11.6 Å². The van der Waals surface area contributed by atoms with Gasteiger partial charge in [-0.15, -0.1) is 15.3 Å². The summed E-state index contributed by atoms with van der Waals surface area (Å²) in [5, 5.41) is 21.8. The van der Waals surface area contributed by atoms with Crippen LogP contribution in [0.25, 0.3) is 11.4 Å². The van der Waals surface area contributed by atoms with Crippen LogP contribution < -0.4 is 0 Å². The SMILES string of the molecule is CCCn1nnnc1CSc1nnc(-c2ccc(Cl)cc2)n1C. The lowest BCUT2D eigenvalue weighted by Crippen LogP contribution is -2.04. The molecule has 0 aliphatic rings. The van der Waals surface area contributed by atoms with E-state index < -0.39 is 0 Å². The fraction of sp³-hybridized carbons (Fsp3) is 0.357. The fourth-order valence-corrected chi connectivity index (χ4v) is 3.10. The van der Waals surface area contributed by atoms with Crippen molar-refractivity contribution < 1.29 is 0 Å². The zero-order valence-corrected chi connectivity index (χ0v) is 14.4. The highest BCUT2D eigenvalue weighted by atomic mass is 35.5. The van der Waals surface area contributed by atoms with Crippen LogP contribution in [-0.4, -0.2) is 35.0 Å². The second kappa shape index (κ2) is 7.10. The summed E-state index contributed by atoms with van der Waals surface area (Å²) in [6.45, 7) is 2.91. The molecule has 1 aromatic carbocycles. The summed E-state index contributed by atoms with van der Waals surface area (Å²) in [5.74, 6) is 2.30. The number of rotatable bonds is 6. The molecule has 7 nitrogen and oxygen atoms in total. The maximum Gasteiger partial charge on any atom is 0.191 e. The predicted molar refractivity (Wildman–Crippen MR) is 89.1 cm³/mol. The first-order valence-corrected chi connectivity index (χ1v) is 8.58. The summed E-state index contributed by atoms with van der Waals surface area (Å²) in [6, 6.07) is 7.56. The largest absolute Gasteiger partial charge is 0.305 e. The quantitative estimate of drug-likeness (QED) is 0.637. The first kappa shape index (κ1) is 15.9. The molecule has 120 valence electrons. The zero-order valence-electron chi connectivity index (χ0n) is 12.8. The van der Waals surface area contributed by atoms with Crippen LogP contribution >= 0.6 is 23.4 Å². The molecule has 0 aliphatic heterocycles. The Kier molecular flexibility index (Phi) is 4.92. The van der Waals surface area contributed by atoms with Gasteiger partial charge in [-0.2, -0.15) is 0 Å². The Hall–Kier alpha value is -1.93. The number of tetrazole rings is 1. The van der Waals surface area contributed by atoms with Crippen molar-refractivity contribution in [3.05, 3.63) is 35.1 Å². The Morgan fingerprint density at radius 1 is 1.13 bits per heavy atom. The van der Waals surface area contributed by atoms with Gasteiger partial charge in [0.1, 0.15) is 0 Å². The Morgan fingerprint density at radius 2 is 1.91 bits per heavy atom. The van der Waals surface area contributed by atoms with Crippen LogP contribution in [0.3, 0.4) is 0 Å². The second-order valence-electron chi connectivity index (χ2n) is 4.98. The minimum Gasteiger partial charge on any atom is -0.305 e. The number of thioether (sulfide) groups is 1. The Morgan fingerprint density at radius 3 is 2.65 bits per heavy atom. The van der Waals surface area contributed by atoms with Gasteiger partial charge in [-0.25, -0.2) is 4.68 Å². The van der Waals surface area contributed by atoms with E-state index in [1.165, 1.54) is 0 Å². The molecule has 0 aliphatic carbocycles. The minimum atomic E-state index is 0.652. The first-order valence-electron chi connectivity index (χ1n) is 7.22. The van der Waals surface area contributed by atoms with Crippen LogP contribution in [0.5, 0.6) is 0 Å². The molecule has 0 saturated heterocycles. The maximum absolute atomic E-state index is 5.92. The molecule has 0 spiro atoms. The Labute approximate surface area is 143 Å². The molecule has 3 aromatic rings. The van der Waals surface area contributed by atoms with Gasteiger partial charge < -0.3 is 4.57 Å². The van der Waals surface area contributed by atoms with Crippen LogP contribution in [0, 0.1) is 0 Å². The molecule has 0 atom stereocenters. The van der Waals surface area contributed by atoms with Gasteiger partial charge in [0.05, 0.1) is 5.75 Å². The second-order valence-corrected chi connectivity index (χ2v) is 6.36. The highest BCUT2D eigenvalue weighted by Gasteiger charge is 2.13. The number of hydrogen-bond donors (Lipinski definition) is 0. The molecule has 0 N–H and O–H groups in total. The summed E-state index contributed by atoms with van der Waals surface area (Å²) >= 11 is 7.49. The number of aryl methyl sites for hydroxylation is 1. The molecule has 0 saturated carbocycles. The average molecular weight is 350 g/mol. The van der Waals surface area contributed by atoms with Crippen molar-refractivity contribution in [1.29, 1.82) is 0 Å². The highest BCUT2D eigenvalue weighted by molar-refractivity contribution is 7.98. The highest BCUT2D eigenvalue weighted by Crippen LogP contribution is 2.25.